The Bertz CT molecular complexity index is 1620. The van der Waals surface area contributed by atoms with E-state index >= 15 is 0 Å². The fourth-order valence-electron chi connectivity index (χ4n) is 4.23. The van der Waals surface area contributed by atoms with Crippen molar-refractivity contribution in [3.8, 4) is 5.69 Å². The van der Waals surface area contributed by atoms with Crippen molar-refractivity contribution in [1.29, 1.82) is 0 Å². The maximum atomic E-state index is 13.6. The number of non-ortho nitro benzene ring substituents is 1. The third-order valence-electron chi connectivity index (χ3n) is 5.89. The van der Waals surface area contributed by atoms with Crippen LogP contribution in [0.5, 0.6) is 0 Å². The monoisotopic (exact) mass is 471 g/mol. The average molecular weight is 472 g/mol. The highest BCUT2D eigenvalue weighted by molar-refractivity contribution is 7.99. The van der Waals surface area contributed by atoms with E-state index in [0.717, 1.165) is 22.4 Å². The molecule has 9 heteroatoms. The van der Waals surface area contributed by atoms with Crippen molar-refractivity contribution < 1.29 is 4.92 Å². The van der Waals surface area contributed by atoms with Crippen molar-refractivity contribution in [3.63, 3.8) is 0 Å². The van der Waals surface area contributed by atoms with Crippen molar-refractivity contribution in [2.75, 3.05) is 0 Å². The third-order valence-corrected chi connectivity index (χ3v) is 6.99. The van der Waals surface area contributed by atoms with Gasteiger partial charge >= 0.3 is 0 Å². The summed E-state index contributed by atoms with van der Waals surface area (Å²) in [6.07, 6.45) is 0. The first kappa shape index (κ1) is 21.8. The van der Waals surface area contributed by atoms with Crippen LogP contribution < -0.4 is 5.56 Å². The van der Waals surface area contributed by atoms with Crippen molar-refractivity contribution in [2.24, 2.45) is 0 Å². The molecule has 34 heavy (non-hydrogen) atoms. The van der Waals surface area contributed by atoms with Crippen LogP contribution in [0.15, 0.2) is 76.7 Å². The molecule has 8 nitrogen and oxygen atoms in total. The lowest BCUT2D eigenvalue weighted by atomic mass is 10.1. The molecule has 170 valence electrons. The van der Waals surface area contributed by atoms with Crippen LogP contribution in [0.1, 0.15) is 28.9 Å². The van der Waals surface area contributed by atoms with E-state index in [2.05, 4.69) is 10.2 Å². The summed E-state index contributed by atoms with van der Waals surface area (Å²) in [7, 11) is 0. The Labute approximate surface area is 199 Å². The van der Waals surface area contributed by atoms with E-state index in [-0.39, 0.29) is 16.5 Å². The number of nitrogens with zero attached hydrogens (tertiary/aromatic N) is 5. The van der Waals surface area contributed by atoms with Crippen LogP contribution in [0.3, 0.4) is 0 Å². The quantitative estimate of drug-likeness (QED) is 0.193. The summed E-state index contributed by atoms with van der Waals surface area (Å²) < 4.78 is 3.52. The van der Waals surface area contributed by atoms with Gasteiger partial charge in [-0.2, -0.15) is 0 Å². The summed E-state index contributed by atoms with van der Waals surface area (Å²) in [5.74, 6) is 0.426. The number of fused-ring (bicyclic) bond motifs is 3. The van der Waals surface area contributed by atoms with E-state index in [1.54, 1.807) is 22.8 Å². The van der Waals surface area contributed by atoms with Crippen LogP contribution in [-0.4, -0.2) is 24.1 Å². The molecule has 2 aromatic heterocycles. The molecule has 3 aromatic carbocycles. The lowest BCUT2D eigenvalue weighted by Gasteiger charge is -2.16. The van der Waals surface area contributed by atoms with Gasteiger partial charge in [0, 0.05) is 17.4 Å². The normalized spacial score (nSPS) is 12.3. The van der Waals surface area contributed by atoms with Crippen molar-refractivity contribution >= 4 is 34.1 Å². The molecule has 0 spiro atoms. The molecular formula is C25H21N5O3S. The summed E-state index contributed by atoms with van der Waals surface area (Å²) in [6, 6.07) is 19.9. The number of benzene rings is 3. The zero-order valence-corrected chi connectivity index (χ0v) is 19.6. The molecule has 5 rings (SSSR count). The van der Waals surface area contributed by atoms with Crippen LogP contribution in [0, 0.1) is 24.0 Å². The maximum absolute atomic E-state index is 13.6. The summed E-state index contributed by atoms with van der Waals surface area (Å²) in [6.45, 7) is 5.91. The Kier molecular flexibility index (Phi) is 5.41. The molecule has 0 aliphatic carbocycles. The first-order valence-electron chi connectivity index (χ1n) is 10.7. The van der Waals surface area contributed by atoms with Gasteiger partial charge in [0.2, 0.25) is 5.78 Å². The Hall–Kier alpha value is -3.98. The van der Waals surface area contributed by atoms with Gasteiger partial charge in [-0.25, -0.2) is 4.57 Å². The average Bonchev–Trinajstić information content (AvgIpc) is 3.24. The van der Waals surface area contributed by atoms with E-state index in [0.29, 0.717) is 21.8 Å². The van der Waals surface area contributed by atoms with E-state index in [1.165, 1.54) is 17.8 Å². The van der Waals surface area contributed by atoms with Gasteiger partial charge in [-0.3, -0.25) is 19.3 Å². The predicted octanol–water partition coefficient (Wildman–Crippen LogP) is 5.41. The van der Waals surface area contributed by atoms with E-state index in [9.17, 15) is 14.9 Å². The minimum Gasteiger partial charge on any atom is -0.268 e. The molecule has 0 aliphatic heterocycles. The zero-order chi connectivity index (χ0) is 24.0. The number of thioether (sulfide) groups is 1. The second-order valence-electron chi connectivity index (χ2n) is 8.13. The van der Waals surface area contributed by atoms with Gasteiger partial charge in [0.05, 0.1) is 21.5 Å². The van der Waals surface area contributed by atoms with Gasteiger partial charge < -0.3 is 0 Å². The number of para-hydroxylation sites is 2. The van der Waals surface area contributed by atoms with E-state index in [1.807, 2.05) is 67.6 Å². The first-order valence-corrected chi connectivity index (χ1v) is 11.6. The number of aromatic nitrogens is 4. The van der Waals surface area contributed by atoms with Crippen LogP contribution in [0.2, 0.25) is 0 Å². The van der Waals surface area contributed by atoms with Gasteiger partial charge in [0.1, 0.15) is 0 Å². The molecule has 0 amide bonds. The Morgan fingerprint density at radius 2 is 1.68 bits per heavy atom. The Balaban J connectivity index is 1.73. The number of hydrogen-bond donors (Lipinski definition) is 0. The highest BCUT2D eigenvalue weighted by atomic mass is 32.2. The van der Waals surface area contributed by atoms with Crippen LogP contribution in [0.25, 0.3) is 22.4 Å². The SMILES string of the molecule is Cc1cccc(C)c1-n1c(=O)c2ccccc2n2c(SC(C)c3cccc([N+](=O)[O-])c3)nnc12. The molecule has 0 bridgehead atoms. The fourth-order valence-corrected chi connectivity index (χ4v) is 5.20. The predicted molar refractivity (Wildman–Crippen MR) is 133 cm³/mol. The van der Waals surface area contributed by atoms with Crippen LogP contribution in [0.4, 0.5) is 5.69 Å². The van der Waals surface area contributed by atoms with E-state index < -0.39 is 4.92 Å². The second kappa shape index (κ2) is 8.42. The standard InChI is InChI=1S/C25H21N5O3S/c1-15-8-6-9-16(2)22(15)29-23(31)20-12-4-5-13-21(20)28-24(29)26-27-25(28)34-17(3)18-10-7-11-19(14-18)30(32)33/h4-14,17H,1-3H3. The first-order chi connectivity index (χ1) is 16.4. The molecule has 0 fully saturated rings. The molecule has 1 unspecified atom stereocenters. The maximum Gasteiger partial charge on any atom is 0.269 e. The molecule has 5 aromatic rings. The number of nitro groups is 1. The lowest BCUT2D eigenvalue weighted by Crippen LogP contribution is -2.23. The lowest BCUT2D eigenvalue weighted by molar-refractivity contribution is -0.384. The van der Waals surface area contributed by atoms with Crippen molar-refractivity contribution in [3.05, 3.63) is 104 Å². The highest BCUT2D eigenvalue weighted by Crippen LogP contribution is 2.36. The van der Waals surface area contributed by atoms with Crippen LogP contribution in [-0.2, 0) is 0 Å². The number of hydrogen-bond acceptors (Lipinski definition) is 6. The highest BCUT2D eigenvalue weighted by Gasteiger charge is 2.22. The molecule has 0 saturated carbocycles. The van der Waals surface area contributed by atoms with Gasteiger partial charge in [-0.05, 0) is 49.6 Å². The fraction of sp³-hybridized carbons (Fsp3) is 0.160. The van der Waals surface area contributed by atoms with Crippen LogP contribution >= 0.6 is 11.8 Å². The largest absolute Gasteiger partial charge is 0.269 e. The summed E-state index contributed by atoms with van der Waals surface area (Å²) >= 11 is 1.44. The zero-order valence-electron chi connectivity index (χ0n) is 18.8. The van der Waals surface area contributed by atoms with Gasteiger partial charge in [0.15, 0.2) is 5.16 Å². The minimum absolute atomic E-state index is 0.0466. The number of aryl methyl sites for hydroxylation is 2. The topological polar surface area (TPSA) is 95.3 Å². The summed E-state index contributed by atoms with van der Waals surface area (Å²) in [4.78, 5) is 24.4. The summed E-state index contributed by atoms with van der Waals surface area (Å²) in [5.41, 5.74) is 4.12. The molecule has 1 atom stereocenters. The van der Waals surface area contributed by atoms with Gasteiger partial charge in [-0.1, -0.05) is 54.2 Å². The molecule has 2 heterocycles. The van der Waals surface area contributed by atoms with E-state index in [4.69, 9.17) is 0 Å². The number of rotatable bonds is 5. The van der Waals surface area contributed by atoms with Crippen molar-refractivity contribution in [1.82, 2.24) is 19.2 Å². The molecule has 0 aliphatic rings. The molecular weight excluding hydrogens is 450 g/mol. The minimum atomic E-state index is -0.399. The second-order valence-corrected chi connectivity index (χ2v) is 9.44. The molecule has 0 saturated heterocycles. The summed E-state index contributed by atoms with van der Waals surface area (Å²) in [5, 5.41) is 21.1. The molecule has 0 radical (unpaired) electrons. The van der Waals surface area contributed by atoms with Gasteiger partial charge in [-0.15, -0.1) is 10.2 Å². The third kappa shape index (κ3) is 3.54. The Morgan fingerprint density at radius 1 is 0.971 bits per heavy atom. The Morgan fingerprint density at radius 3 is 2.41 bits per heavy atom. The van der Waals surface area contributed by atoms with Gasteiger partial charge in [0.25, 0.3) is 11.2 Å². The molecule has 0 N–H and O–H groups in total. The smallest absolute Gasteiger partial charge is 0.268 e. The number of nitro benzene ring substituents is 1. The van der Waals surface area contributed by atoms with Crippen molar-refractivity contribution in [2.45, 2.75) is 31.2 Å².